The van der Waals surface area contributed by atoms with Crippen LogP contribution in [0.1, 0.15) is 64.5 Å². The van der Waals surface area contributed by atoms with E-state index in [1.807, 2.05) is 66.8 Å². The SMILES string of the molecule is CCCCCOC(C)C(C(=O)O)(C(=O)C1(c2ccc(CC(C)C)cc2)C=CC=CC1)n1ccc2ccccc21. The number of carbonyl (C=O) groups is 2. The first-order chi connectivity index (χ1) is 18.8. The van der Waals surface area contributed by atoms with Crippen molar-refractivity contribution in [2.24, 2.45) is 5.92 Å². The molecule has 39 heavy (non-hydrogen) atoms. The van der Waals surface area contributed by atoms with E-state index in [9.17, 15) is 9.90 Å². The molecule has 0 bridgehead atoms. The molecule has 2 aromatic carbocycles. The average molecular weight is 528 g/mol. The molecule has 1 heterocycles. The number of Topliss-reactive ketones (excluding diaryl/α,β-unsaturated/α-hetero) is 1. The van der Waals surface area contributed by atoms with Crippen LogP contribution in [-0.4, -0.2) is 34.1 Å². The first-order valence-electron chi connectivity index (χ1n) is 14.2. The molecule has 0 amide bonds. The number of aliphatic carboxylic acids is 1. The third-order valence-corrected chi connectivity index (χ3v) is 7.94. The van der Waals surface area contributed by atoms with Gasteiger partial charge in [0, 0.05) is 18.3 Å². The predicted octanol–water partition coefficient (Wildman–Crippen LogP) is 7.24. The van der Waals surface area contributed by atoms with Crippen molar-refractivity contribution in [1.82, 2.24) is 4.57 Å². The Hall–Kier alpha value is -3.44. The van der Waals surface area contributed by atoms with Crippen LogP contribution in [0.15, 0.2) is 85.1 Å². The minimum Gasteiger partial charge on any atom is -0.479 e. The number of ketones is 1. The second-order valence-corrected chi connectivity index (χ2v) is 11.1. The van der Waals surface area contributed by atoms with Gasteiger partial charge in [0.1, 0.15) is 0 Å². The summed E-state index contributed by atoms with van der Waals surface area (Å²) in [6.45, 7) is 8.59. The van der Waals surface area contributed by atoms with Crippen LogP contribution in [-0.2, 0) is 31.7 Å². The number of unbranched alkanes of at least 4 members (excludes halogenated alkanes) is 2. The molecule has 1 aliphatic carbocycles. The second kappa shape index (κ2) is 12.2. The summed E-state index contributed by atoms with van der Waals surface area (Å²) >= 11 is 0. The Kier molecular flexibility index (Phi) is 8.91. The molecule has 3 aromatic rings. The summed E-state index contributed by atoms with van der Waals surface area (Å²) in [5.74, 6) is -1.10. The van der Waals surface area contributed by atoms with Gasteiger partial charge in [0.15, 0.2) is 5.78 Å². The van der Waals surface area contributed by atoms with E-state index in [2.05, 4.69) is 32.9 Å². The molecule has 1 N–H and O–H groups in total. The Balaban J connectivity index is 1.90. The molecule has 3 unspecified atom stereocenters. The van der Waals surface area contributed by atoms with Crippen molar-refractivity contribution in [3.63, 3.8) is 0 Å². The van der Waals surface area contributed by atoms with Gasteiger partial charge in [0.05, 0.1) is 11.5 Å². The van der Waals surface area contributed by atoms with Gasteiger partial charge in [0.25, 0.3) is 0 Å². The summed E-state index contributed by atoms with van der Waals surface area (Å²) in [4.78, 5) is 28.7. The number of nitrogens with zero attached hydrogens (tertiary/aromatic N) is 1. The fraction of sp³-hybridized carbons (Fsp3) is 0.412. The van der Waals surface area contributed by atoms with Crippen molar-refractivity contribution in [3.05, 3.63) is 96.2 Å². The molecular formula is C34H41NO4. The van der Waals surface area contributed by atoms with Gasteiger partial charge in [0.2, 0.25) is 5.54 Å². The topological polar surface area (TPSA) is 68.5 Å². The number of carboxylic acids is 1. The first-order valence-corrected chi connectivity index (χ1v) is 14.2. The number of fused-ring (bicyclic) bond motifs is 1. The Morgan fingerprint density at radius 3 is 2.41 bits per heavy atom. The third-order valence-electron chi connectivity index (χ3n) is 7.94. The van der Waals surface area contributed by atoms with Crippen LogP contribution in [0.5, 0.6) is 0 Å². The van der Waals surface area contributed by atoms with Crippen molar-refractivity contribution < 1.29 is 19.4 Å². The normalized spacial score (nSPS) is 19.3. The highest BCUT2D eigenvalue weighted by Gasteiger charge is 2.60. The number of para-hydroxylation sites is 1. The summed E-state index contributed by atoms with van der Waals surface area (Å²) < 4.78 is 7.87. The third kappa shape index (κ3) is 5.38. The number of allylic oxidation sites excluding steroid dienone is 4. The van der Waals surface area contributed by atoms with E-state index >= 15 is 4.79 Å². The van der Waals surface area contributed by atoms with Crippen molar-refractivity contribution in [3.8, 4) is 0 Å². The molecular weight excluding hydrogens is 486 g/mol. The second-order valence-electron chi connectivity index (χ2n) is 11.1. The summed E-state index contributed by atoms with van der Waals surface area (Å²) in [5, 5.41) is 11.9. The lowest BCUT2D eigenvalue weighted by molar-refractivity contribution is -0.165. The zero-order valence-electron chi connectivity index (χ0n) is 23.6. The van der Waals surface area contributed by atoms with E-state index in [4.69, 9.17) is 4.74 Å². The zero-order chi connectivity index (χ0) is 28.0. The van der Waals surface area contributed by atoms with Gasteiger partial charge in [-0.05, 0) is 60.7 Å². The molecule has 0 saturated heterocycles. The van der Waals surface area contributed by atoms with E-state index in [0.717, 1.165) is 36.6 Å². The van der Waals surface area contributed by atoms with Crippen molar-refractivity contribution in [2.75, 3.05) is 6.61 Å². The molecule has 0 fully saturated rings. The van der Waals surface area contributed by atoms with Gasteiger partial charge >= 0.3 is 5.97 Å². The summed E-state index contributed by atoms with van der Waals surface area (Å²) in [5.41, 5.74) is -0.465. The first kappa shape index (κ1) is 28.6. The molecule has 0 saturated carbocycles. The van der Waals surface area contributed by atoms with Gasteiger partial charge in [-0.2, -0.15) is 0 Å². The van der Waals surface area contributed by atoms with Crippen LogP contribution < -0.4 is 0 Å². The van der Waals surface area contributed by atoms with Crippen LogP contribution in [0.4, 0.5) is 0 Å². The lowest BCUT2D eigenvalue weighted by Crippen LogP contribution is -2.62. The highest BCUT2D eigenvalue weighted by molar-refractivity contribution is 6.13. The fourth-order valence-electron chi connectivity index (χ4n) is 5.87. The molecule has 3 atom stereocenters. The number of ether oxygens (including phenoxy) is 1. The van der Waals surface area contributed by atoms with Gasteiger partial charge < -0.3 is 14.4 Å². The summed E-state index contributed by atoms with van der Waals surface area (Å²) in [7, 11) is 0. The lowest BCUT2D eigenvalue weighted by Gasteiger charge is -2.43. The lowest BCUT2D eigenvalue weighted by atomic mass is 9.65. The predicted molar refractivity (Wildman–Crippen MR) is 157 cm³/mol. The van der Waals surface area contributed by atoms with Crippen molar-refractivity contribution >= 4 is 22.7 Å². The van der Waals surface area contributed by atoms with Gasteiger partial charge in [-0.15, -0.1) is 0 Å². The molecule has 5 nitrogen and oxygen atoms in total. The van der Waals surface area contributed by atoms with E-state index < -0.39 is 28.8 Å². The average Bonchev–Trinajstić information content (AvgIpc) is 3.36. The molecule has 0 radical (unpaired) electrons. The molecule has 0 aliphatic heterocycles. The van der Waals surface area contributed by atoms with E-state index in [1.165, 1.54) is 5.56 Å². The molecule has 0 spiro atoms. The Morgan fingerprint density at radius 2 is 1.77 bits per heavy atom. The Labute approximate surface area is 232 Å². The number of hydrogen-bond acceptors (Lipinski definition) is 3. The minimum absolute atomic E-state index is 0.378. The number of hydrogen-bond donors (Lipinski definition) is 1. The maximum Gasteiger partial charge on any atom is 0.340 e. The van der Waals surface area contributed by atoms with Crippen LogP contribution in [0.25, 0.3) is 10.9 Å². The Morgan fingerprint density at radius 1 is 1.03 bits per heavy atom. The van der Waals surface area contributed by atoms with Crippen molar-refractivity contribution in [2.45, 2.75) is 76.9 Å². The largest absolute Gasteiger partial charge is 0.479 e. The smallest absolute Gasteiger partial charge is 0.340 e. The van der Waals surface area contributed by atoms with Crippen LogP contribution in [0.3, 0.4) is 0 Å². The van der Waals surface area contributed by atoms with Gasteiger partial charge in [-0.25, -0.2) is 4.79 Å². The van der Waals surface area contributed by atoms with E-state index in [-0.39, 0.29) is 0 Å². The van der Waals surface area contributed by atoms with Crippen LogP contribution in [0.2, 0.25) is 0 Å². The number of carbonyl (C=O) groups excluding carboxylic acids is 1. The van der Waals surface area contributed by atoms with Crippen LogP contribution >= 0.6 is 0 Å². The number of carboxylic acid groups (broad SMARTS) is 1. The van der Waals surface area contributed by atoms with Crippen LogP contribution in [0, 0.1) is 5.92 Å². The molecule has 4 rings (SSSR count). The van der Waals surface area contributed by atoms with E-state index in [1.54, 1.807) is 17.7 Å². The number of rotatable bonds is 13. The maximum atomic E-state index is 15.2. The molecule has 206 valence electrons. The maximum absolute atomic E-state index is 15.2. The highest BCUT2D eigenvalue weighted by atomic mass is 16.5. The quantitative estimate of drug-likeness (QED) is 0.188. The van der Waals surface area contributed by atoms with Crippen molar-refractivity contribution in [1.29, 1.82) is 0 Å². The summed E-state index contributed by atoms with van der Waals surface area (Å²) in [6, 6.07) is 17.6. The highest BCUT2D eigenvalue weighted by Crippen LogP contribution is 2.43. The summed E-state index contributed by atoms with van der Waals surface area (Å²) in [6.07, 6.45) is 12.5. The zero-order valence-corrected chi connectivity index (χ0v) is 23.6. The van der Waals surface area contributed by atoms with Gasteiger partial charge in [-0.1, -0.05) is 100 Å². The monoisotopic (exact) mass is 527 g/mol. The molecule has 1 aromatic heterocycles. The minimum atomic E-state index is -1.98. The molecule has 1 aliphatic rings. The number of aromatic nitrogens is 1. The van der Waals surface area contributed by atoms with E-state index in [0.29, 0.717) is 24.5 Å². The molecule has 5 heteroatoms. The Bertz CT molecular complexity index is 1350. The standard InChI is InChI=1S/C34H41NO4/c1-5-6-12-23-39-26(4)34(32(37)38,35-22-19-28-13-8-9-14-30(28)35)31(36)33(20-10-7-11-21-33)29-17-15-27(16-18-29)24-25(2)3/h7-11,13-20,22,25-26H,5-6,12,21,23-24H2,1-4H3,(H,37,38). The van der Waals surface area contributed by atoms with Gasteiger partial charge in [-0.3, -0.25) is 4.79 Å². The number of benzene rings is 2. The fourth-order valence-corrected chi connectivity index (χ4v) is 5.87.